The summed E-state index contributed by atoms with van der Waals surface area (Å²) >= 11 is 0. The van der Waals surface area contributed by atoms with E-state index in [0.717, 1.165) is 30.6 Å². The highest BCUT2D eigenvalue weighted by Gasteiger charge is 2.13. The molecular weight excluding hydrogens is 457 g/mol. The maximum absolute atomic E-state index is 11.0. The van der Waals surface area contributed by atoms with Gasteiger partial charge in [0.05, 0.1) is 18.5 Å². The zero-order chi connectivity index (χ0) is 18.0. The van der Waals surface area contributed by atoms with Crippen LogP contribution in [0, 0.1) is 0 Å². The maximum Gasteiger partial charge on any atom is 0.208 e. The van der Waals surface area contributed by atoms with Gasteiger partial charge in [0.25, 0.3) is 0 Å². The number of rotatable bonds is 10. The maximum atomic E-state index is 11.0. The third-order valence-corrected chi connectivity index (χ3v) is 4.37. The van der Waals surface area contributed by atoms with Crippen molar-refractivity contribution in [3.8, 4) is 0 Å². The van der Waals surface area contributed by atoms with Crippen molar-refractivity contribution in [2.45, 2.75) is 45.6 Å². The highest BCUT2D eigenvalue weighted by Crippen LogP contribution is 2.22. The van der Waals surface area contributed by atoms with Crippen LogP contribution in [0.4, 0.5) is 0 Å². The molecule has 0 unspecified atom stereocenters. The zero-order valence-electron chi connectivity index (χ0n) is 15.3. The molecule has 0 aliphatic carbocycles. The molecule has 0 aliphatic rings. The van der Waals surface area contributed by atoms with Gasteiger partial charge in [-0.05, 0) is 19.3 Å². The van der Waals surface area contributed by atoms with Gasteiger partial charge >= 0.3 is 0 Å². The Balaban J connectivity index is 0.00000576. The van der Waals surface area contributed by atoms with Crippen LogP contribution < -0.4 is 15.4 Å². The molecule has 0 spiro atoms. The van der Waals surface area contributed by atoms with E-state index in [4.69, 9.17) is 4.52 Å². The lowest BCUT2D eigenvalue weighted by Crippen LogP contribution is -2.38. The van der Waals surface area contributed by atoms with Crippen LogP contribution in [0.3, 0.4) is 0 Å². The van der Waals surface area contributed by atoms with Crippen LogP contribution in [0.1, 0.15) is 50.5 Å². The number of aliphatic imine (C=N–C) groups is 1. The first-order chi connectivity index (χ1) is 11.4. The molecule has 0 fully saturated rings. The number of sulfonamides is 1. The van der Waals surface area contributed by atoms with Crippen LogP contribution >= 0.6 is 24.0 Å². The highest BCUT2D eigenvalue weighted by molar-refractivity contribution is 14.0. The number of hydrogen-bond donors (Lipinski definition) is 3. The summed E-state index contributed by atoms with van der Waals surface area (Å²) in [7, 11) is -1.45. The molecule has 3 N–H and O–H groups in total. The molecule has 0 radical (unpaired) electrons. The summed E-state index contributed by atoms with van der Waals surface area (Å²) in [4.78, 5) is 4.12. The molecule has 10 heteroatoms. The molecule has 0 saturated carbocycles. The molecule has 25 heavy (non-hydrogen) atoms. The number of guanidine groups is 1. The molecule has 0 atom stereocenters. The van der Waals surface area contributed by atoms with Crippen LogP contribution in [-0.2, 0) is 16.6 Å². The number of hydrogen-bond acceptors (Lipinski definition) is 5. The average Bonchev–Trinajstić information content (AvgIpc) is 2.99. The Morgan fingerprint density at radius 3 is 2.52 bits per heavy atom. The van der Waals surface area contributed by atoms with E-state index in [9.17, 15) is 8.42 Å². The Morgan fingerprint density at radius 2 is 1.96 bits per heavy atom. The van der Waals surface area contributed by atoms with E-state index in [1.807, 2.05) is 6.07 Å². The van der Waals surface area contributed by atoms with E-state index in [1.54, 1.807) is 7.05 Å². The minimum atomic E-state index is -3.13. The summed E-state index contributed by atoms with van der Waals surface area (Å²) in [6.45, 7) is 5.78. The van der Waals surface area contributed by atoms with Crippen molar-refractivity contribution < 1.29 is 12.9 Å². The Kier molecular flexibility index (Phi) is 12.0. The monoisotopic (exact) mass is 487 g/mol. The van der Waals surface area contributed by atoms with E-state index in [-0.39, 0.29) is 24.0 Å². The molecule has 1 heterocycles. The van der Waals surface area contributed by atoms with Gasteiger partial charge in [0, 0.05) is 32.1 Å². The van der Waals surface area contributed by atoms with Gasteiger partial charge in [-0.25, -0.2) is 13.1 Å². The molecule has 0 amide bonds. The summed E-state index contributed by atoms with van der Waals surface area (Å²) in [5, 5.41) is 10.4. The standard InChI is InChI=1S/C15H29N5O3S.HI/c1-5-12(6-2)14-10-13(23-20-14)11-18-15(16-3)17-8-7-9-19-24(4,21)22;/h10,12,19H,5-9,11H2,1-4H3,(H2,16,17,18);1H. The largest absolute Gasteiger partial charge is 0.359 e. The second kappa shape index (κ2) is 12.5. The first-order valence-corrected chi connectivity index (χ1v) is 10.1. The van der Waals surface area contributed by atoms with Crippen LogP contribution in [0.25, 0.3) is 0 Å². The summed E-state index contributed by atoms with van der Waals surface area (Å²) < 4.78 is 29.7. The second-order valence-electron chi connectivity index (χ2n) is 5.60. The van der Waals surface area contributed by atoms with Crippen molar-refractivity contribution in [3.05, 3.63) is 17.5 Å². The third kappa shape index (κ3) is 10.00. The Morgan fingerprint density at radius 1 is 1.28 bits per heavy atom. The summed E-state index contributed by atoms with van der Waals surface area (Å²) in [5.74, 6) is 1.83. The SMILES string of the molecule is CCC(CC)c1cc(CNC(=NC)NCCCNS(C)(=O)=O)on1.I. The van der Waals surface area contributed by atoms with Gasteiger partial charge in [-0.15, -0.1) is 24.0 Å². The van der Waals surface area contributed by atoms with Crippen LogP contribution in [-0.4, -0.2) is 45.9 Å². The fourth-order valence-corrected chi connectivity index (χ4v) is 2.77. The van der Waals surface area contributed by atoms with Gasteiger partial charge in [-0.1, -0.05) is 19.0 Å². The predicted octanol–water partition coefficient (Wildman–Crippen LogP) is 1.80. The molecule has 1 aromatic rings. The summed E-state index contributed by atoms with van der Waals surface area (Å²) in [6, 6.07) is 1.98. The molecule has 0 bridgehead atoms. The molecule has 0 saturated heterocycles. The molecule has 146 valence electrons. The highest BCUT2D eigenvalue weighted by atomic mass is 127. The normalized spacial score (nSPS) is 12.1. The third-order valence-electron chi connectivity index (χ3n) is 3.64. The fourth-order valence-electron chi connectivity index (χ4n) is 2.26. The lowest BCUT2D eigenvalue weighted by Gasteiger charge is -2.10. The predicted molar refractivity (Wildman–Crippen MR) is 111 cm³/mol. The smallest absolute Gasteiger partial charge is 0.208 e. The first kappa shape index (κ1) is 24.1. The Labute approximate surface area is 167 Å². The molecular formula is C15H30IN5O3S. The van der Waals surface area contributed by atoms with Crippen molar-refractivity contribution in [3.63, 3.8) is 0 Å². The van der Waals surface area contributed by atoms with E-state index in [1.165, 1.54) is 0 Å². The van der Waals surface area contributed by atoms with Crippen molar-refractivity contribution >= 4 is 40.0 Å². The zero-order valence-corrected chi connectivity index (χ0v) is 18.5. The molecule has 1 rings (SSSR count). The number of halogens is 1. The van der Waals surface area contributed by atoms with Crippen molar-refractivity contribution in [2.24, 2.45) is 4.99 Å². The Bertz CT molecular complexity index is 614. The van der Waals surface area contributed by atoms with Gasteiger partial charge in [-0.3, -0.25) is 4.99 Å². The van der Waals surface area contributed by atoms with Gasteiger partial charge in [-0.2, -0.15) is 0 Å². The minimum absolute atomic E-state index is 0. The first-order valence-electron chi connectivity index (χ1n) is 8.24. The molecule has 8 nitrogen and oxygen atoms in total. The lowest BCUT2D eigenvalue weighted by molar-refractivity contribution is 0.368. The topological polar surface area (TPSA) is 109 Å². The fraction of sp³-hybridized carbons (Fsp3) is 0.733. The number of nitrogens with one attached hydrogen (secondary N) is 3. The molecule has 0 aliphatic heterocycles. The minimum Gasteiger partial charge on any atom is -0.359 e. The van der Waals surface area contributed by atoms with E-state index in [2.05, 4.69) is 39.4 Å². The van der Waals surface area contributed by atoms with E-state index >= 15 is 0 Å². The average molecular weight is 487 g/mol. The van der Waals surface area contributed by atoms with Gasteiger partial charge in [0.15, 0.2) is 11.7 Å². The van der Waals surface area contributed by atoms with Crippen LogP contribution in [0.2, 0.25) is 0 Å². The van der Waals surface area contributed by atoms with Crippen molar-refractivity contribution in [1.82, 2.24) is 20.5 Å². The van der Waals surface area contributed by atoms with Crippen LogP contribution in [0.15, 0.2) is 15.6 Å². The molecule has 1 aromatic heterocycles. The summed E-state index contributed by atoms with van der Waals surface area (Å²) in [5.41, 5.74) is 0.992. The van der Waals surface area contributed by atoms with E-state index < -0.39 is 10.0 Å². The number of aromatic nitrogens is 1. The van der Waals surface area contributed by atoms with Gasteiger partial charge < -0.3 is 15.2 Å². The second-order valence-corrected chi connectivity index (χ2v) is 7.44. The quantitative estimate of drug-likeness (QED) is 0.201. The van der Waals surface area contributed by atoms with Crippen LogP contribution in [0.5, 0.6) is 0 Å². The van der Waals surface area contributed by atoms with E-state index in [0.29, 0.717) is 37.9 Å². The van der Waals surface area contributed by atoms with Gasteiger partial charge in [0.1, 0.15) is 0 Å². The van der Waals surface area contributed by atoms with Gasteiger partial charge in [0.2, 0.25) is 10.0 Å². The lowest BCUT2D eigenvalue weighted by atomic mass is 9.99. The van der Waals surface area contributed by atoms with Crippen molar-refractivity contribution in [2.75, 3.05) is 26.4 Å². The Hall–Kier alpha value is -0.880. The van der Waals surface area contributed by atoms with Crippen molar-refractivity contribution in [1.29, 1.82) is 0 Å². The number of nitrogens with zero attached hydrogens (tertiary/aromatic N) is 2. The summed E-state index contributed by atoms with van der Waals surface area (Å²) in [6.07, 6.45) is 3.89. The molecule has 0 aromatic carbocycles.